The van der Waals surface area contributed by atoms with Crippen LogP contribution in [0.25, 0.3) is 11.1 Å². The number of hydrogen-bond acceptors (Lipinski definition) is 3. The first-order valence-corrected chi connectivity index (χ1v) is 9.55. The maximum absolute atomic E-state index is 12.5. The highest BCUT2D eigenvalue weighted by molar-refractivity contribution is 5.98. The van der Waals surface area contributed by atoms with Crippen LogP contribution >= 0.6 is 0 Å². The van der Waals surface area contributed by atoms with Crippen molar-refractivity contribution in [3.05, 3.63) is 60.2 Å². The first-order valence-electron chi connectivity index (χ1n) is 9.55. The minimum absolute atomic E-state index is 0.141. The van der Waals surface area contributed by atoms with E-state index in [0.29, 0.717) is 5.56 Å². The summed E-state index contributed by atoms with van der Waals surface area (Å²) in [4.78, 5) is 24.8. The van der Waals surface area contributed by atoms with Crippen LogP contribution in [0.15, 0.2) is 54.6 Å². The zero-order valence-corrected chi connectivity index (χ0v) is 15.4. The minimum Gasteiger partial charge on any atom is -0.394 e. The fourth-order valence-electron chi connectivity index (χ4n) is 3.43. The first kappa shape index (κ1) is 19.1. The van der Waals surface area contributed by atoms with E-state index in [9.17, 15) is 14.7 Å². The topological polar surface area (TPSA) is 78.4 Å². The van der Waals surface area contributed by atoms with Crippen molar-refractivity contribution in [2.75, 3.05) is 6.61 Å². The standard InChI is InChI=1S/C22H26N2O3/c25-15-20(22(27)23-19-9-5-2-6-10-19)24-21(26)18-13-11-17(12-14-18)16-7-3-1-4-8-16/h1,3-4,7-8,11-14,19-20,25H,2,5-6,9-10,15H2,(H,23,27)(H,24,26)/t20-/m0/s1. The molecule has 1 aliphatic carbocycles. The Labute approximate surface area is 159 Å². The third kappa shape index (κ3) is 5.17. The molecule has 2 amide bonds. The van der Waals surface area contributed by atoms with Gasteiger partial charge >= 0.3 is 0 Å². The van der Waals surface area contributed by atoms with Gasteiger partial charge in [-0.1, -0.05) is 61.7 Å². The zero-order valence-electron chi connectivity index (χ0n) is 15.4. The van der Waals surface area contributed by atoms with E-state index in [1.807, 2.05) is 42.5 Å². The predicted molar refractivity (Wildman–Crippen MR) is 105 cm³/mol. The molecule has 3 N–H and O–H groups in total. The summed E-state index contributed by atoms with van der Waals surface area (Å²) < 4.78 is 0. The monoisotopic (exact) mass is 366 g/mol. The Hall–Kier alpha value is -2.66. The Balaban J connectivity index is 1.60. The molecule has 1 atom stereocenters. The molecule has 0 unspecified atom stereocenters. The molecule has 0 spiro atoms. The number of aliphatic hydroxyl groups excluding tert-OH is 1. The second-order valence-corrected chi connectivity index (χ2v) is 7.00. The fraction of sp³-hybridized carbons (Fsp3) is 0.364. The Kier molecular flexibility index (Phi) is 6.60. The molecule has 0 aromatic heterocycles. The van der Waals surface area contributed by atoms with E-state index in [0.717, 1.165) is 36.8 Å². The van der Waals surface area contributed by atoms with E-state index in [1.165, 1.54) is 6.42 Å². The van der Waals surface area contributed by atoms with Crippen LogP contribution in [0.3, 0.4) is 0 Å². The molecular formula is C22H26N2O3. The normalized spacial score (nSPS) is 15.7. The summed E-state index contributed by atoms with van der Waals surface area (Å²) in [5.41, 5.74) is 2.55. The van der Waals surface area contributed by atoms with Crippen LogP contribution in [0.2, 0.25) is 0 Å². The summed E-state index contributed by atoms with van der Waals surface area (Å²) in [6.45, 7) is -0.424. The van der Waals surface area contributed by atoms with Gasteiger partial charge in [-0.2, -0.15) is 0 Å². The van der Waals surface area contributed by atoms with Crippen LogP contribution in [-0.2, 0) is 4.79 Å². The van der Waals surface area contributed by atoms with Gasteiger partial charge in [-0.05, 0) is 36.1 Å². The van der Waals surface area contributed by atoms with Gasteiger partial charge in [0.25, 0.3) is 5.91 Å². The van der Waals surface area contributed by atoms with Crippen molar-refractivity contribution in [3.8, 4) is 11.1 Å². The fourth-order valence-corrected chi connectivity index (χ4v) is 3.43. The molecular weight excluding hydrogens is 340 g/mol. The van der Waals surface area contributed by atoms with Crippen LogP contribution in [0.4, 0.5) is 0 Å². The van der Waals surface area contributed by atoms with Crippen molar-refractivity contribution in [2.24, 2.45) is 0 Å². The lowest BCUT2D eigenvalue weighted by atomic mass is 9.95. The van der Waals surface area contributed by atoms with E-state index >= 15 is 0 Å². The molecule has 5 heteroatoms. The molecule has 3 rings (SSSR count). The molecule has 1 saturated carbocycles. The molecule has 0 bridgehead atoms. The number of benzene rings is 2. The molecule has 2 aromatic carbocycles. The van der Waals surface area contributed by atoms with Gasteiger partial charge in [0.05, 0.1) is 6.61 Å². The summed E-state index contributed by atoms with van der Waals surface area (Å²) in [7, 11) is 0. The minimum atomic E-state index is -0.937. The van der Waals surface area contributed by atoms with Crippen molar-refractivity contribution < 1.29 is 14.7 Å². The molecule has 2 aromatic rings. The summed E-state index contributed by atoms with van der Waals surface area (Å²) in [6, 6.07) is 16.3. The van der Waals surface area contributed by atoms with E-state index < -0.39 is 12.6 Å². The molecule has 0 saturated heterocycles. The number of rotatable bonds is 6. The van der Waals surface area contributed by atoms with Crippen molar-refractivity contribution in [1.82, 2.24) is 10.6 Å². The Morgan fingerprint density at radius 1 is 0.926 bits per heavy atom. The number of aliphatic hydroxyl groups is 1. The third-order valence-electron chi connectivity index (χ3n) is 5.01. The van der Waals surface area contributed by atoms with Crippen molar-refractivity contribution in [3.63, 3.8) is 0 Å². The molecule has 142 valence electrons. The molecule has 0 heterocycles. The van der Waals surface area contributed by atoms with Gasteiger partial charge in [0.15, 0.2) is 0 Å². The highest BCUT2D eigenvalue weighted by Gasteiger charge is 2.24. The maximum Gasteiger partial charge on any atom is 0.251 e. The number of nitrogens with one attached hydrogen (secondary N) is 2. The van der Waals surface area contributed by atoms with E-state index in [1.54, 1.807) is 12.1 Å². The van der Waals surface area contributed by atoms with Crippen molar-refractivity contribution in [1.29, 1.82) is 0 Å². The predicted octanol–water partition coefficient (Wildman–Crippen LogP) is 2.89. The van der Waals surface area contributed by atoms with Crippen molar-refractivity contribution in [2.45, 2.75) is 44.2 Å². The Morgan fingerprint density at radius 3 is 2.19 bits per heavy atom. The van der Waals surface area contributed by atoms with Gasteiger partial charge in [0, 0.05) is 11.6 Å². The summed E-state index contributed by atoms with van der Waals surface area (Å²) in [6.07, 6.45) is 5.33. The van der Waals surface area contributed by atoms with Crippen LogP contribution in [0, 0.1) is 0 Å². The zero-order chi connectivity index (χ0) is 19.1. The lowest BCUT2D eigenvalue weighted by Gasteiger charge is -2.25. The lowest BCUT2D eigenvalue weighted by molar-refractivity contribution is -0.124. The maximum atomic E-state index is 12.5. The van der Waals surface area contributed by atoms with Gasteiger partial charge in [0.2, 0.25) is 5.91 Å². The molecule has 1 fully saturated rings. The molecule has 0 radical (unpaired) electrons. The Bertz CT molecular complexity index is 753. The smallest absolute Gasteiger partial charge is 0.251 e. The average Bonchev–Trinajstić information content (AvgIpc) is 2.73. The van der Waals surface area contributed by atoms with Crippen LogP contribution < -0.4 is 10.6 Å². The van der Waals surface area contributed by atoms with Gasteiger partial charge in [-0.15, -0.1) is 0 Å². The third-order valence-corrected chi connectivity index (χ3v) is 5.01. The Morgan fingerprint density at radius 2 is 1.56 bits per heavy atom. The second kappa shape index (κ2) is 9.33. The van der Waals surface area contributed by atoms with Crippen LogP contribution in [0.1, 0.15) is 42.5 Å². The SMILES string of the molecule is O=C(N[C@@H](CO)C(=O)NC1CCCCC1)c1ccc(-c2ccccc2)cc1. The molecule has 1 aliphatic rings. The summed E-state index contributed by atoms with van der Waals surface area (Å²) in [5.74, 6) is -0.689. The van der Waals surface area contributed by atoms with Crippen LogP contribution in [-0.4, -0.2) is 35.6 Å². The second-order valence-electron chi connectivity index (χ2n) is 7.00. The highest BCUT2D eigenvalue weighted by Crippen LogP contribution is 2.19. The van der Waals surface area contributed by atoms with Gasteiger partial charge in [0.1, 0.15) is 6.04 Å². The first-order chi connectivity index (χ1) is 13.2. The molecule has 5 nitrogen and oxygen atoms in total. The summed E-state index contributed by atoms with van der Waals surface area (Å²) >= 11 is 0. The van der Waals surface area contributed by atoms with Gasteiger partial charge in [-0.25, -0.2) is 0 Å². The average molecular weight is 366 g/mol. The van der Waals surface area contributed by atoms with E-state index in [2.05, 4.69) is 10.6 Å². The van der Waals surface area contributed by atoms with Crippen LogP contribution in [0.5, 0.6) is 0 Å². The number of carbonyl (C=O) groups is 2. The van der Waals surface area contributed by atoms with E-state index in [4.69, 9.17) is 0 Å². The lowest BCUT2D eigenvalue weighted by Crippen LogP contribution is -2.51. The number of hydrogen-bond donors (Lipinski definition) is 3. The van der Waals surface area contributed by atoms with Gasteiger partial charge in [-0.3, -0.25) is 9.59 Å². The van der Waals surface area contributed by atoms with E-state index in [-0.39, 0.29) is 17.9 Å². The number of amides is 2. The largest absolute Gasteiger partial charge is 0.394 e. The quantitative estimate of drug-likeness (QED) is 0.736. The highest BCUT2D eigenvalue weighted by atomic mass is 16.3. The molecule has 27 heavy (non-hydrogen) atoms. The molecule has 0 aliphatic heterocycles. The summed E-state index contributed by atoms with van der Waals surface area (Å²) in [5, 5.41) is 15.1. The van der Waals surface area contributed by atoms with Crippen molar-refractivity contribution >= 4 is 11.8 Å². The van der Waals surface area contributed by atoms with Gasteiger partial charge < -0.3 is 15.7 Å². The number of carbonyl (C=O) groups excluding carboxylic acids is 2.